The predicted molar refractivity (Wildman–Crippen MR) is 127 cm³/mol. The van der Waals surface area contributed by atoms with Crippen molar-refractivity contribution in [3.63, 3.8) is 0 Å². The lowest BCUT2D eigenvalue weighted by molar-refractivity contribution is -0.122. The van der Waals surface area contributed by atoms with Crippen LogP contribution < -0.4 is 16.0 Å². The maximum Gasteiger partial charge on any atom is 0.320 e. The first-order valence-corrected chi connectivity index (χ1v) is 10.6. The van der Waals surface area contributed by atoms with Crippen LogP contribution in [0.3, 0.4) is 0 Å². The van der Waals surface area contributed by atoms with E-state index in [2.05, 4.69) is 37.0 Å². The summed E-state index contributed by atoms with van der Waals surface area (Å²) in [6, 6.07) is 10.9. The summed E-state index contributed by atoms with van der Waals surface area (Å²) in [5, 5.41) is 14.0. The van der Waals surface area contributed by atoms with Gasteiger partial charge in [0.15, 0.2) is 0 Å². The fraction of sp³-hybridized carbons (Fsp3) is 0.174. The highest BCUT2D eigenvalue weighted by molar-refractivity contribution is 9.10. The monoisotopic (exact) mass is 499 g/mol. The van der Waals surface area contributed by atoms with E-state index in [4.69, 9.17) is 0 Å². The molecule has 2 aromatic rings. The molecule has 2 aromatic carbocycles. The predicted octanol–water partition coefficient (Wildman–Crippen LogP) is 4.33. The quantitative estimate of drug-likeness (QED) is 0.517. The maximum absolute atomic E-state index is 14.5. The molecule has 3 amide bonds. The highest BCUT2D eigenvalue weighted by Gasteiger charge is 2.26. The SMILES string of the molecule is CN(C)N=C1C=CC(NC(=O)C(NC(=O)Nc2ccc(Br)cc2)c2ccccc2F)=CC1. The zero-order chi connectivity index (χ0) is 23.1. The van der Waals surface area contributed by atoms with Crippen LogP contribution in [0.1, 0.15) is 18.0 Å². The van der Waals surface area contributed by atoms with E-state index in [0.717, 1.165) is 10.2 Å². The molecule has 1 aliphatic rings. The summed E-state index contributed by atoms with van der Waals surface area (Å²) in [6.07, 6.45) is 5.85. The average molecular weight is 500 g/mol. The highest BCUT2D eigenvalue weighted by Crippen LogP contribution is 2.19. The Balaban J connectivity index is 1.74. The lowest BCUT2D eigenvalue weighted by atomic mass is 10.0. The fourth-order valence-electron chi connectivity index (χ4n) is 3.00. The van der Waals surface area contributed by atoms with Gasteiger partial charge in [0.2, 0.25) is 0 Å². The van der Waals surface area contributed by atoms with Crippen molar-refractivity contribution in [3.8, 4) is 0 Å². The third-order valence-electron chi connectivity index (χ3n) is 4.44. The molecule has 32 heavy (non-hydrogen) atoms. The normalized spacial score (nSPS) is 15.0. The molecule has 1 atom stereocenters. The van der Waals surface area contributed by atoms with E-state index in [-0.39, 0.29) is 5.56 Å². The second kappa shape index (κ2) is 10.7. The third-order valence-corrected chi connectivity index (χ3v) is 4.97. The van der Waals surface area contributed by atoms with Crippen molar-refractivity contribution in [1.29, 1.82) is 0 Å². The molecule has 1 unspecified atom stereocenters. The summed E-state index contributed by atoms with van der Waals surface area (Å²) in [5.74, 6) is -1.16. The van der Waals surface area contributed by atoms with Gasteiger partial charge in [-0.3, -0.25) is 4.79 Å². The number of carbonyl (C=O) groups excluding carboxylic acids is 2. The first-order chi connectivity index (χ1) is 15.3. The molecule has 0 bridgehead atoms. The molecule has 7 nitrogen and oxygen atoms in total. The van der Waals surface area contributed by atoms with Crippen LogP contribution in [0.5, 0.6) is 0 Å². The molecule has 3 rings (SSSR count). The topological polar surface area (TPSA) is 85.8 Å². The first-order valence-electron chi connectivity index (χ1n) is 9.83. The van der Waals surface area contributed by atoms with Gasteiger partial charge in [-0.25, -0.2) is 9.18 Å². The number of allylic oxidation sites excluding steroid dienone is 3. The Bertz CT molecular complexity index is 1080. The summed E-state index contributed by atoms with van der Waals surface area (Å²) in [4.78, 5) is 25.6. The Morgan fingerprint density at radius 3 is 2.41 bits per heavy atom. The second-order valence-electron chi connectivity index (χ2n) is 7.18. The molecule has 0 spiro atoms. The van der Waals surface area contributed by atoms with Gasteiger partial charge in [0.05, 0.1) is 5.71 Å². The van der Waals surface area contributed by atoms with Crippen LogP contribution in [-0.4, -0.2) is 36.8 Å². The van der Waals surface area contributed by atoms with Crippen molar-refractivity contribution < 1.29 is 14.0 Å². The van der Waals surface area contributed by atoms with Crippen LogP contribution in [0, 0.1) is 5.82 Å². The Morgan fingerprint density at radius 2 is 1.78 bits per heavy atom. The maximum atomic E-state index is 14.5. The standard InChI is InChI=1S/C23H23BrFN5O2/c1-30(2)29-18-13-11-16(12-14-18)26-22(31)21(19-5-3-4-6-20(19)25)28-23(32)27-17-9-7-15(24)8-10-17/h3-13,21H,14H2,1-2H3,(H,26,31)(H2,27,28,32). The highest BCUT2D eigenvalue weighted by atomic mass is 79.9. The van der Waals surface area contributed by atoms with E-state index in [1.54, 1.807) is 53.6 Å². The minimum atomic E-state index is -1.24. The van der Waals surface area contributed by atoms with E-state index in [1.807, 2.05) is 14.1 Å². The van der Waals surface area contributed by atoms with Crippen LogP contribution in [0.25, 0.3) is 0 Å². The number of nitrogens with one attached hydrogen (secondary N) is 3. The number of hydrogen-bond acceptors (Lipinski definition) is 4. The second-order valence-corrected chi connectivity index (χ2v) is 8.10. The van der Waals surface area contributed by atoms with Crippen molar-refractivity contribution in [3.05, 3.63) is 88.3 Å². The van der Waals surface area contributed by atoms with Crippen LogP contribution in [0.2, 0.25) is 0 Å². The number of nitrogens with zero attached hydrogens (tertiary/aromatic N) is 2. The van der Waals surface area contributed by atoms with E-state index < -0.39 is 23.8 Å². The molecule has 166 valence electrons. The molecule has 0 aromatic heterocycles. The Hall–Kier alpha value is -3.46. The van der Waals surface area contributed by atoms with Gasteiger partial charge in [0, 0.05) is 41.9 Å². The van der Waals surface area contributed by atoms with Crippen LogP contribution >= 0.6 is 15.9 Å². The van der Waals surface area contributed by atoms with Crippen LogP contribution in [0.15, 0.2) is 82.0 Å². The van der Waals surface area contributed by atoms with Gasteiger partial charge < -0.3 is 21.0 Å². The van der Waals surface area contributed by atoms with Gasteiger partial charge in [0.1, 0.15) is 11.9 Å². The van der Waals surface area contributed by atoms with Gasteiger partial charge in [-0.1, -0.05) is 40.2 Å². The van der Waals surface area contributed by atoms with Gasteiger partial charge in [0.25, 0.3) is 5.91 Å². The number of benzene rings is 2. The fourth-order valence-corrected chi connectivity index (χ4v) is 3.26. The number of anilines is 1. The summed E-state index contributed by atoms with van der Waals surface area (Å²) >= 11 is 3.33. The molecule has 0 aliphatic heterocycles. The summed E-state index contributed by atoms with van der Waals surface area (Å²) in [7, 11) is 3.65. The molecular weight excluding hydrogens is 477 g/mol. The molecule has 0 heterocycles. The van der Waals surface area contributed by atoms with Crippen molar-refractivity contribution in [2.24, 2.45) is 5.10 Å². The minimum absolute atomic E-state index is 0.0613. The van der Waals surface area contributed by atoms with Crippen LogP contribution in [0.4, 0.5) is 14.9 Å². The number of hydrogen-bond donors (Lipinski definition) is 3. The number of urea groups is 1. The third kappa shape index (κ3) is 6.52. The smallest absolute Gasteiger partial charge is 0.320 e. The lowest BCUT2D eigenvalue weighted by Gasteiger charge is -2.21. The number of carbonyl (C=O) groups is 2. The molecule has 0 saturated carbocycles. The molecule has 0 radical (unpaired) electrons. The minimum Gasteiger partial charge on any atom is -0.324 e. The number of halogens is 2. The summed E-state index contributed by atoms with van der Waals surface area (Å²) in [5.41, 5.74) is 1.98. The molecular formula is C23H23BrFN5O2. The van der Waals surface area contributed by atoms with Gasteiger partial charge in [-0.05, 0) is 42.5 Å². The Morgan fingerprint density at radius 1 is 1.06 bits per heavy atom. The molecule has 3 N–H and O–H groups in total. The number of amides is 3. The molecule has 0 saturated heterocycles. The Kier molecular flexibility index (Phi) is 7.77. The molecule has 1 aliphatic carbocycles. The van der Waals surface area contributed by atoms with Gasteiger partial charge in [-0.2, -0.15) is 5.10 Å². The van der Waals surface area contributed by atoms with Crippen molar-refractivity contribution >= 4 is 39.3 Å². The van der Waals surface area contributed by atoms with Gasteiger partial charge >= 0.3 is 6.03 Å². The zero-order valence-corrected chi connectivity index (χ0v) is 19.2. The van der Waals surface area contributed by atoms with Crippen molar-refractivity contribution in [2.75, 3.05) is 19.4 Å². The number of rotatable bonds is 6. The van der Waals surface area contributed by atoms with Crippen LogP contribution in [-0.2, 0) is 4.79 Å². The summed E-state index contributed by atoms with van der Waals surface area (Å²) < 4.78 is 15.3. The summed E-state index contributed by atoms with van der Waals surface area (Å²) in [6.45, 7) is 0. The van der Waals surface area contributed by atoms with E-state index >= 15 is 0 Å². The lowest BCUT2D eigenvalue weighted by Crippen LogP contribution is -2.42. The average Bonchev–Trinajstić information content (AvgIpc) is 2.75. The van der Waals surface area contributed by atoms with E-state index in [0.29, 0.717) is 17.8 Å². The van der Waals surface area contributed by atoms with E-state index in [1.165, 1.54) is 18.2 Å². The Labute approximate surface area is 194 Å². The van der Waals surface area contributed by atoms with E-state index in [9.17, 15) is 14.0 Å². The van der Waals surface area contributed by atoms with Crippen molar-refractivity contribution in [2.45, 2.75) is 12.5 Å². The largest absolute Gasteiger partial charge is 0.324 e. The van der Waals surface area contributed by atoms with Gasteiger partial charge in [-0.15, -0.1) is 0 Å². The molecule has 9 heteroatoms. The first kappa shape index (κ1) is 23.2. The molecule has 0 fully saturated rings. The van der Waals surface area contributed by atoms with Crippen molar-refractivity contribution in [1.82, 2.24) is 15.6 Å². The number of hydrazone groups is 1. The zero-order valence-electron chi connectivity index (χ0n) is 17.6.